The van der Waals surface area contributed by atoms with Crippen LogP contribution in [0.3, 0.4) is 0 Å². The number of nitro benzene ring substituents is 1. The minimum Gasteiger partial charge on any atom is -0.427 e. The molecular formula is C20H18N2O4. The summed E-state index contributed by atoms with van der Waals surface area (Å²) in [5.41, 5.74) is 2.69. The zero-order valence-electron chi connectivity index (χ0n) is 14.2. The molecule has 2 aromatic carbocycles. The van der Waals surface area contributed by atoms with Gasteiger partial charge in [-0.3, -0.25) is 14.9 Å². The number of esters is 1. The molecule has 0 amide bonds. The summed E-state index contributed by atoms with van der Waals surface area (Å²) in [5.74, 6) is 0.580. The number of ether oxygens (including phenoxy) is 1. The number of nitrogens with zero attached hydrogens (tertiary/aromatic N) is 1. The van der Waals surface area contributed by atoms with Crippen molar-refractivity contribution in [2.24, 2.45) is 5.92 Å². The first-order chi connectivity index (χ1) is 12.5. The van der Waals surface area contributed by atoms with Crippen LogP contribution in [0.2, 0.25) is 0 Å². The zero-order valence-corrected chi connectivity index (χ0v) is 14.2. The van der Waals surface area contributed by atoms with Crippen molar-refractivity contribution in [3.8, 4) is 5.75 Å². The molecule has 0 unspecified atom stereocenters. The fourth-order valence-electron chi connectivity index (χ4n) is 4.00. The Bertz CT molecular complexity index is 905. The topological polar surface area (TPSA) is 81.5 Å². The molecule has 132 valence electrons. The lowest BCUT2D eigenvalue weighted by molar-refractivity contribution is -0.384. The Balaban J connectivity index is 1.72. The molecular weight excluding hydrogens is 332 g/mol. The normalized spacial score (nSPS) is 22.9. The number of nitrogens with one attached hydrogen (secondary N) is 1. The Labute approximate surface area is 150 Å². The third kappa shape index (κ3) is 2.73. The number of rotatable bonds is 3. The number of anilines is 1. The maximum absolute atomic E-state index is 11.5. The highest BCUT2D eigenvalue weighted by atomic mass is 16.6. The number of carbonyl (C=O) groups excluding carboxylic acids is 1. The molecule has 0 fully saturated rings. The fraction of sp³-hybridized carbons (Fsp3) is 0.250. The van der Waals surface area contributed by atoms with Crippen molar-refractivity contribution in [3.63, 3.8) is 0 Å². The molecule has 6 heteroatoms. The van der Waals surface area contributed by atoms with Gasteiger partial charge < -0.3 is 10.1 Å². The lowest BCUT2D eigenvalue weighted by Gasteiger charge is -2.37. The molecule has 2 aliphatic rings. The quantitative estimate of drug-likeness (QED) is 0.293. The molecule has 3 atom stereocenters. The SMILES string of the molecule is CC(=O)Oc1ccc([C@@H]2Nc3c(cccc3[N+](=O)[O-])[C@@H]3C=CC[C@@H]32)cc1. The third-order valence-electron chi connectivity index (χ3n) is 5.07. The van der Waals surface area contributed by atoms with E-state index in [2.05, 4.69) is 17.5 Å². The van der Waals surface area contributed by atoms with E-state index in [4.69, 9.17) is 4.74 Å². The maximum atomic E-state index is 11.5. The third-order valence-corrected chi connectivity index (χ3v) is 5.07. The van der Waals surface area contributed by atoms with E-state index in [0.29, 0.717) is 17.4 Å². The Morgan fingerprint density at radius 1 is 1.23 bits per heavy atom. The molecule has 4 rings (SSSR count). The summed E-state index contributed by atoms with van der Waals surface area (Å²) in [5, 5.41) is 14.9. The van der Waals surface area contributed by atoms with E-state index in [1.807, 2.05) is 18.2 Å². The van der Waals surface area contributed by atoms with E-state index in [9.17, 15) is 14.9 Å². The number of hydrogen-bond donors (Lipinski definition) is 1. The molecule has 1 N–H and O–H groups in total. The van der Waals surface area contributed by atoms with E-state index in [0.717, 1.165) is 17.5 Å². The second-order valence-electron chi connectivity index (χ2n) is 6.64. The van der Waals surface area contributed by atoms with Gasteiger partial charge in [-0.05, 0) is 35.6 Å². The monoisotopic (exact) mass is 350 g/mol. The van der Waals surface area contributed by atoms with Crippen LogP contribution in [0.15, 0.2) is 54.6 Å². The average Bonchev–Trinajstić information content (AvgIpc) is 3.10. The van der Waals surface area contributed by atoms with Crippen LogP contribution in [-0.4, -0.2) is 10.9 Å². The lowest BCUT2D eigenvalue weighted by atomic mass is 9.77. The Morgan fingerprint density at radius 2 is 2.00 bits per heavy atom. The van der Waals surface area contributed by atoms with Gasteiger partial charge in [-0.2, -0.15) is 0 Å². The molecule has 0 saturated heterocycles. The van der Waals surface area contributed by atoms with Crippen molar-refractivity contribution >= 4 is 17.3 Å². The molecule has 0 saturated carbocycles. The molecule has 26 heavy (non-hydrogen) atoms. The predicted octanol–water partition coefficient (Wildman–Crippen LogP) is 4.35. The van der Waals surface area contributed by atoms with Crippen molar-refractivity contribution in [2.75, 3.05) is 5.32 Å². The standard InChI is InChI=1S/C20H18N2O4/c1-12(23)26-14-10-8-13(9-11-14)19-16-5-2-4-15(16)17-6-3-7-18(22(24)25)20(17)21-19/h2-4,6-11,15-16,19,21H,5H2,1H3/t15-,16+,19+/m1/s1. The van der Waals surface area contributed by atoms with Crippen molar-refractivity contribution in [2.45, 2.75) is 25.3 Å². The molecule has 6 nitrogen and oxygen atoms in total. The molecule has 1 heterocycles. The highest BCUT2D eigenvalue weighted by Gasteiger charge is 2.40. The van der Waals surface area contributed by atoms with Crippen LogP contribution in [0.4, 0.5) is 11.4 Å². The van der Waals surface area contributed by atoms with Gasteiger partial charge in [0.25, 0.3) is 5.69 Å². The van der Waals surface area contributed by atoms with E-state index in [1.54, 1.807) is 18.2 Å². The van der Waals surface area contributed by atoms with Crippen LogP contribution < -0.4 is 10.1 Å². The highest BCUT2D eigenvalue weighted by Crippen LogP contribution is 2.52. The summed E-state index contributed by atoms with van der Waals surface area (Å²) in [7, 11) is 0. The molecule has 1 aliphatic heterocycles. The van der Waals surface area contributed by atoms with Gasteiger partial charge in [-0.25, -0.2) is 0 Å². The molecule has 2 aromatic rings. The van der Waals surface area contributed by atoms with Crippen LogP contribution in [0.5, 0.6) is 5.75 Å². The van der Waals surface area contributed by atoms with Crippen LogP contribution >= 0.6 is 0 Å². The summed E-state index contributed by atoms with van der Waals surface area (Å²) < 4.78 is 5.09. The second kappa shape index (κ2) is 6.29. The van der Waals surface area contributed by atoms with Gasteiger partial charge in [0.05, 0.1) is 11.0 Å². The van der Waals surface area contributed by atoms with E-state index >= 15 is 0 Å². The second-order valence-corrected chi connectivity index (χ2v) is 6.64. The first-order valence-corrected chi connectivity index (χ1v) is 8.53. The molecule has 0 radical (unpaired) electrons. The maximum Gasteiger partial charge on any atom is 0.308 e. The summed E-state index contributed by atoms with van der Waals surface area (Å²) in [6.45, 7) is 1.36. The summed E-state index contributed by atoms with van der Waals surface area (Å²) in [6.07, 6.45) is 5.20. The van der Waals surface area contributed by atoms with Crippen LogP contribution in [0.1, 0.15) is 36.4 Å². The molecule has 1 aliphatic carbocycles. The average molecular weight is 350 g/mol. The van der Waals surface area contributed by atoms with E-state index < -0.39 is 0 Å². The number of benzene rings is 2. The smallest absolute Gasteiger partial charge is 0.308 e. The van der Waals surface area contributed by atoms with Crippen LogP contribution in [0.25, 0.3) is 0 Å². The lowest BCUT2D eigenvalue weighted by Crippen LogP contribution is -2.29. The van der Waals surface area contributed by atoms with Gasteiger partial charge in [0.2, 0.25) is 0 Å². The van der Waals surface area contributed by atoms with E-state index in [-0.39, 0.29) is 28.5 Å². The van der Waals surface area contributed by atoms with Crippen LogP contribution in [-0.2, 0) is 4.79 Å². The van der Waals surface area contributed by atoms with Crippen molar-refractivity contribution in [1.82, 2.24) is 0 Å². The van der Waals surface area contributed by atoms with Gasteiger partial charge in [-0.15, -0.1) is 0 Å². The number of hydrogen-bond acceptors (Lipinski definition) is 5. The summed E-state index contributed by atoms with van der Waals surface area (Å²) in [4.78, 5) is 22.2. The predicted molar refractivity (Wildman–Crippen MR) is 97.2 cm³/mol. The Kier molecular flexibility index (Phi) is 3.95. The van der Waals surface area contributed by atoms with Crippen molar-refractivity contribution in [3.05, 3.63) is 75.9 Å². The number of para-hydroxylation sites is 1. The molecule has 0 aromatic heterocycles. The largest absolute Gasteiger partial charge is 0.427 e. The minimum atomic E-state index is -0.363. The molecule has 0 spiro atoms. The van der Waals surface area contributed by atoms with Crippen LogP contribution in [0, 0.1) is 16.0 Å². The van der Waals surface area contributed by atoms with Gasteiger partial charge in [-0.1, -0.05) is 36.4 Å². The first kappa shape index (κ1) is 16.3. The van der Waals surface area contributed by atoms with Gasteiger partial charge in [0.15, 0.2) is 0 Å². The minimum absolute atomic E-state index is 0.0463. The number of nitro groups is 1. The number of allylic oxidation sites excluding steroid dienone is 2. The molecule has 0 bridgehead atoms. The van der Waals surface area contributed by atoms with Crippen molar-refractivity contribution in [1.29, 1.82) is 0 Å². The highest BCUT2D eigenvalue weighted by molar-refractivity contribution is 5.71. The van der Waals surface area contributed by atoms with Gasteiger partial charge >= 0.3 is 5.97 Å². The first-order valence-electron chi connectivity index (χ1n) is 8.53. The summed E-state index contributed by atoms with van der Waals surface area (Å²) >= 11 is 0. The van der Waals surface area contributed by atoms with Gasteiger partial charge in [0, 0.05) is 18.9 Å². The van der Waals surface area contributed by atoms with E-state index in [1.165, 1.54) is 13.0 Å². The fourth-order valence-corrected chi connectivity index (χ4v) is 4.00. The zero-order chi connectivity index (χ0) is 18.3. The van der Waals surface area contributed by atoms with Gasteiger partial charge in [0.1, 0.15) is 11.4 Å². The Hall–Kier alpha value is -3.15. The summed E-state index contributed by atoms with van der Waals surface area (Å²) in [6, 6.07) is 12.5. The van der Waals surface area contributed by atoms with Crippen molar-refractivity contribution < 1.29 is 14.5 Å². The number of carbonyl (C=O) groups is 1. The Morgan fingerprint density at radius 3 is 2.69 bits per heavy atom. The number of fused-ring (bicyclic) bond motifs is 3.